The summed E-state index contributed by atoms with van der Waals surface area (Å²) in [6.45, 7) is 2.34. The van der Waals surface area contributed by atoms with E-state index in [9.17, 15) is 9.90 Å². The molecule has 5 heteroatoms. The number of carbonyl (C=O) groups excluding carboxylic acids is 1. The lowest BCUT2D eigenvalue weighted by atomic mass is 10.00. The quantitative estimate of drug-likeness (QED) is 0.650. The van der Waals surface area contributed by atoms with Crippen LogP contribution in [0.1, 0.15) is 12.8 Å². The number of nitrogens with one attached hydrogen (secondary N) is 1. The van der Waals surface area contributed by atoms with Crippen molar-refractivity contribution in [3.05, 3.63) is 0 Å². The summed E-state index contributed by atoms with van der Waals surface area (Å²) in [5.74, 6) is 0.0332. The molecule has 0 radical (unpaired) electrons. The molecule has 2 unspecified atom stereocenters. The van der Waals surface area contributed by atoms with E-state index in [1.807, 2.05) is 7.05 Å². The third-order valence-electron chi connectivity index (χ3n) is 3.48. The molecule has 2 rings (SSSR count). The lowest BCUT2D eigenvalue weighted by Crippen LogP contribution is -2.49. The van der Waals surface area contributed by atoms with Crippen LogP contribution in [-0.2, 0) is 9.53 Å². The Bertz CT molecular complexity index is 260. The van der Waals surface area contributed by atoms with Gasteiger partial charge < -0.3 is 20.1 Å². The van der Waals surface area contributed by atoms with E-state index in [0.29, 0.717) is 19.8 Å². The summed E-state index contributed by atoms with van der Waals surface area (Å²) in [7, 11) is 1.85. The van der Waals surface area contributed by atoms with Crippen LogP contribution in [-0.4, -0.2) is 61.4 Å². The van der Waals surface area contributed by atoms with E-state index in [2.05, 4.69) is 5.32 Å². The standard InChI is InChI=1S/C11H20N2O3/c1-12-10-7-16-6-9(10)11(15)13-4-2-3-8(14)5-13/h8-10,12,14H,2-7H2,1H3/t8-,9?,10?/m0/s1. The third kappa shape index (κ3) is 2.36. The number of carbonyl (C=O) groups is 1. The van der Waals surface area contributed by atoms with Gasteiger partial charge in [-0.25, -0.2) is 0 Å². The molecule has 5 nitrogen and oxygen atoms in total. The predicted octanol–water partition coefficient (Wildman–Crippen LogP) is -0.796. The van der Waals surface area contributed by atoms with Crippen molar-refractivity contribution < 1.29 is 14.6 Å². The Morgan fingerprint density at radius 1 is 1.50 bits per heavy atom. The smallest absolute Gasteiger partial charge is 0.229 e. The lowest BCUT2D eigenvalue weighted by Gasteiger charge is -2.32. The van der Waals surface area contributed by atoms with Crippen LogP contribution >= 0.6 is 0 Å². The molecule has 16 heavy (non-hydrogen) atoms. The van der Waals surface area contributed by atoms with Gasteiger partial charge in [-0.1, -0.05) is 0 Å². The highest BCUT2D eigenvalue weighted by Crippen LogP contribution is 2.19. The number of piperidine rings is 1. The number of ether oxygens (including phenoxy) is 1. The van der Waals surface area contributed by atoms with Gasteiger partial charge in [0.05, 0.1) is 25.2 Å². The Labute approximate surface area is 95.8 Å². The zero-order valence-corrected chi connectivity index (χ0v) is 9.69. The molecule has 2 saturated heterocycles. The molecule has 2 aliphatic rings. The summed E-state index contributed by atoms with van der Waals surface area (Å²) in [5, 5.41) is 12.7. The van der Waals surface area contributed by atoms with E-state index in [4.69, 9.17) is 4.74 Å². The van der Waals surface area contributed by atoms with Crippen LogP contribution in [0.15, 0.2) is 0 Å². The van der Waals surface area contributed by atoms with Crippen molar-refractivity contribution in [3.8, 4) is 0 Å². The minimum atomic E-state index is -0.354. The Balaban J connectivity index is 1.95. The van der Waals surface area contributed by atoms with Crippen molar-refractivity contribution in [2.75, 3.05) is 33.4 Å². The average Bonchev–Trinajstić information content (AvgIpc) is 2.76. The van der Waals surface area contributed by atoms with Crippen LogP contribution in [0.4, 0.5) is 0 Å². The molecule has 3 atom stereocenters. The molecule has 2 aliphatic heterocycles. The molecule has 2 heterocycles. The van der Waals surface area contributed by atoms with E-state index in [-0.39, 0.29) is 24.0 Å². The maximum atomic E-state index is 12.2. The van der Waals surface area contributed by atoms with Gasteiger partial charge in [0.25, 0.3) is 0 Å². The van der Waals surface area contributed by atoms with Gasteiger partial charge in [-0.2, -0.15) is 0 Å². The minimum Gasteiger partial charge on any atom is -0.391 e. The van der Waals surface area contributed by atoms with Crippen molar-refractivity contribution >= 4 is 5.91 Å². The fraction of sp³-hybridized carbons (Fsp3) is 0.909. The predicted molar refractivity (Wildman–Crippen MR) is 59.0 cm³/mol. The second-order valence-corrected chi connectivity index (χ2v) is 4.62. The SMILES string of the molecule is CNC1COCC1C(=O)N1CCC[C@H](O)C1. The van der Waals surface area contributed by atoms with Crippen molar-refractivity contribution in [2.24, 2.45) is 5.92 Å². The van der Waals surface area contributed by atoms with Crippen LogP contribution in [0, 0.1) is 5.92 Å². The van der Waals surface area contributed by atoms with Crippen LogP contribution in [0.5, 0.6) is 0 Å². The highest BCUT2D eigenvalue weighted by Gasteiger charge is 2.36. The number of nitrogens with zero attached hydrogens (tertiary/aromatic N) is 1. The molecule has 1 amide bonds. The van der Waals surface area contributed by atoms with Crippen molar-refractivity contribution in [2.45, 2.75) is 25.0 Å². The molecule has 0 aromatic heterocycles. The molecule has 0 saturated carbocycles. The number of β-amino-alcohol motifs (C(OH)–C–C–N with tert-alkyl or cyclic N) is 1. The Morgan fingerprint density at radius 3 is 3.00 bits per heavy atom. The Morgan fingerprint density at radius 2 is 2.31 bits per heavy atom. The normalized spacial score (nSPS) is 35.4. The Kier molecular flexibility index (Phi) is 3.78. The first-order chi connectivity index (χ1) is 7.72. The van der Waals surface area contributed by atoms with Crippen LogP contribution in [0.2, 0.25) is 0 Å². The van der Waals surface area contributed by atoms with Gasteiger partial charge in [0.1, 0.15) is 0 Å². The second-order valence-electron chi connectivity index (χ2n) is 4.62. The number of amides is 1. The largest absolute Gasteiger partial charge is 0.391 e. The Hall–Kier alpha value is -0.650. The number of hydrogen-bond acceptors (Lipinski definition) is 4. The zero-order valence-electron chi connectivity index (χ0n) is 9.69. The fourth-order valence-electron chi connectivity index (χ4n) is 2.47. The number of rotatable bonds is 2. The minimum absolute atomic E-state index is 0.0877. The van der Waals surface area contributed by atoms with Crippen LogP contribution < -0.4 is 5.32 Å². The summed E-state index contributed by atoms with van der Waals surface area (Å²) in [6.07, 6.45) is 1.35. The van der Waals surface area contributed by atoms with Crippen molar-refractivity contribution in [1.29, 1.82) is 0 Å². The summed E-state index contributed by atoms with van der Waals surface area (Å²) >= 11 is 0. The number of likely N-dealkylation sites (N-methyl/N-ethyl adjacent to an activating group) is 1. The highest BCUT2D eigenvalue weighted by atomic mass is 16.5. The second kappa shape index (κ2) is 5.12. The van der Waals surface area contributed by atoms with E-state index in [1.54, 1.807) is 4.90 Å². The molecular formula is C11H20N2O3. The zero-order chi connectivity index (χ0) is 11.5. The monoisotopic (exact) mass is 228 g/mol. The van der Waals surface area contributed by atoms with Gasteiger partial charge in [-0.05, 0) is 19.9 Å². The average molecular weight is 228 g/mol. The molecular weight excluding hydrogens is 208 g/mol. The molecule has 2 fully saturated rings. The fourth-order valence-corrected chi connectivity index (χ4v) is 2.47. The van der Waals surface area contributed by atoms with Crippen molar-refractivity contribution in [1.82, 2.24) is 10.2 Å². The topological polar surface area (TPSA) is 61.8 Å². The summed E-state index contributed by atoms with van der Waals surface area (Å²) < 4.78 is 5.33. The molecule has 0 aromatic rings. The summed E-state index contributed by atoms with van der Waals surface area (Å²) in [4.78, 5) is 14.0. The molecule has 0 spiro atoms. The van der Waals surface area contributed by atoms with Gasteiger partial charge in [0, 0.05) is 19.1 Å². The van der Waals surface area contributed by atoms with Gasteiger partial charge in [0.2, 0.25) is 5.91 Å². The van der Waals surface area contributed by atoms with Crippen LogP contribution in [0.3, 0.4) is 0 Å². The van der Waals surface area contributed by atoms with E-state index < -0.39 is 0 Å². The first kappa shape index (κ1) is 11.8. The maximum Gasteiger partial charge on any atom is 0.229 e. The van der Waals surface area contributed by atoms with Gasteiger partial charge in [-0.15, -0.1) is 0 Å². The number of aliphatic hydroxyl groups is 1. The lowest BCUT2D eigenvalue weighted by molar-refractivity contribution is -0.139. The molecule has 0 bridgehead atoms. The molecule has 2 N–H and O–H groups in total. The van der Waals surface area contributed by atoms with Gasteiger partial charge in [-0.3, -0.25) is 4.79 Å². The number of aliphatic hydroxyl groups excluding tert-OH is 1. The number of hydrogen-bond donors (Lipinski definition) is 2. The van der Waals surface area contributed by atoms with E-state index in [1.165, 1.54) is 0 Å². The van der Waals surface area contributed by atoms with Gasteiger partial charge in [0.15, 0.2) is 0 Å². The maximum absolute atomic E-state index is 12.2. The highest BCUT2D eigenvalue weighted by molar-refractivity contribution is 5.80. The summed E-state index contributed by atoms with van der Waals surface area (Å²) in [6, 6.07) is 0.117. The molecule has 92 valence electrons. The van der Waals surface area contributed by atoms with Crippen LogP contribution in [0.25, 0.3) is 0 Å². The third-order valence-corrected chi connectivity index (χ3v) is 3.48. The molecule has 0 aliphatic carbocycles. The van der Waals surface area contributed by atoms with E-state index in [0.717, 1.165) is 19.4 Å². The van der Waals surface area contributed by atoms with Crippen molar-refractivity contribution in [3.63, 3.8) is 0 Å². The van der Waals surface area contributed by atoms with Gasteiger partial charge >= 0.3 is 0 Å². The summed E-state index contributed by atoms with van der Waals surface area (Å²) in [5.41, 5.74) is 0. The first-order valence-corrected chi connectivity index (χ1v) is 5.94. The molecule has 0 aromatic carbocycles. The van der Waals surface area contributed by atoms with E-state index >= 15 is 0 Å². The number of likely N-dealkylation sites (tertiary alicyclic amines) is 1. The first-order valence-electron chi connectivity index (χ1n) is 5.94.